The highest BCUT2D eigenvalue weighted by Gasteiger charge is 2.19. The summed E-state index contributed by atoms with van der Waals surface area (Å²) in [5.74, 6) is 1.79. The number of hydrogen-bond donors (Lipinski definition) is 1. The quantitative estimate of drug-likeness (QED) is 0.800. The summed E-state index contributed by atoms with van der Waals surface area (Å²) in [6, 6.07) is 15.9. The number of nitrogens with one attached hydrogen (secondary N) is 1. The Balaban J connectivity index is 1.62. The molecule has 0 aliphatic heterocycles. The van der Waals surface area contributed by atoms with Gasteiger partial charge >= 0.3 is 0 Å². The van der Waals surface area contributed by atoms with E-state index >= 15 is 0 Å². The molecule has 1 nitrogen and oxygen atoms in total. The summed E-state index contributed by atoms with van der Waals surface area (Å²) in [6.07, 6.45) is 5.65. The van der Waals surface area contributed by atoms with Crippen molar-refractivity contribution in [2.75, 3.05) is 6.54 Å². The van der Waals surface area contributed by atoms with Crippen LogP contribution in [0.3, 0.4) is 0 Å². The van der Waals surface area contributed by atoms with Crippen molar-refractivity contribution in [2.24, 2.45) is 11.8 Å². The molecule has 1 fully saturated rings. The van der Waals surface area contributed by atoms with Crippen LogP contribution < -0.4 is 5.32 Å². The topological polar surface area (TPSA) is 12.0 Å². The molecule has 0 bridgehead atoms. The van der Waals surface area contributed by atoms with Crippen molar-refractivity contribution in [2.45, 2.75) is 45.6 Å². The first-order chi connectivity index (χ1) is 10.2. The van der Waals surface area contributed by atoms with Gasteiger partial charge in [-0.05, 0) is 60.5 Å². The van der Waals surface area contributed by atoms with Gasteiger partial charge in [-0.1, -0.05) is 56.2 Å². The zero-order chi connectivity index (χ0) is 14.7. The molecule has 112 valence electrons. The lowest BCUT2D eigenvalue weighted by Gasteiger charge is -2.28. The number of benzene rings is 2. The van der Waals surface area contributed by atoms with E-state index in [4.69, 9.17) is 0 Å². The van der Waals surface area contributed by atoms with Crippen LogP contribution in [0.5, 0.6) is 0 Å². The Bertz CT molecular complexity index is 589. The monoisotopic (exact) mass is 281 g/mol. The summed E-state index contributed by atoms with van der Waals surface area (Å²) in [6.45, 7) is 5.85. The first-order valence-corrected chi connectivity index (χ1v) is 8.44. The molecule has 2 aromatic carbocycles. The summed E-state index contributed by atoms with van der Waals surface area (Å²) in [4.78, 5) is 0. The van der Waals surface area contributed by atoms with Crippen LogP contribution in [0.4, 0.5) is 0 Å². The van der Waals surface area contributed by atoms with E-state index in [1.807, 2.05) is 0 Å². The Kier molecular flexibility index (Phi) is 4.60. The van der Waals surface area contributed by atoms with E-state index in [9.17, 15) is 0 Å². The van der Waals surface area contributed by atoms with Gasteiger partial charge in [0.25, 0.3) is 0 Å². The third-order valence-electron chi connectivity index (χ3n) is 5.03. The molecule has 0 radical (unpaired) electrons. The summed E-state index contributed by atoms with van der Waals surface area (Å²) < 4.78 is 0. The molecule has 0 spiro atoms. The van der Waals surface area contributed by atoms with E-state index < -0.39 is 0 Å². The van der Waals surface area contributed by atoms with Crippen molar-refractivity contribution < 1.29 is 0 Å². The third-order valence-corrected chi connectivity index (χ3v) is 5.03. The van der Waals surface area contributed by atoms with Gasteiger partial charge in [0.05, 0.1) is 0 Å². The second-order valence-corrected chi connectivity index (χ2v) is 6.87. The van der Waals surface area contributed by atoms with E-state index in [1.54, 1.807) is 0 Å². The molecule has 1 saturated carbocycles. The molecule has 0 saturated heterocycles. The van der Waals surface area contributed by atoms with Crippen LogP contribution in [0.1, 0.15) is 51.1 Å². The summed E-state index contributed by atoms with van der Waals surface area (Å²) >= 11 is 0. The molecule has 0 amide bonds. The van der Waals surface area contributed by atoms with E-state index in [0.717, 1.165) is 11.8 Å². The summed E-state index contributed by atoms with van der Waals surface area (Å²) in [5, 5.41) is 6.42. The van der Waals surface area contributed by atoms with Crippen molar-refractivity contribution in [1.82, 2.24) is 5.32 Å². The number of fused-ring (bicyclic) bond motifs is 1. The first kappa shape index (κ1) is 14.6. The van der Waals surface area contributed by atoms with Gasteiger partial charge in [-0.3, -0.25) is 0 Å². The smallest absolute Gasteiger partial charge is 0.0292 e. The highest BCUT2D eigenvalue weighted by atomic mass is 14.9. The normalized spacial score (nSPS) is 24.1. The predicted molar refractivity (Wildman–Crippen MR) is 91.5 cm³/mol. The van der Waals surface area contributed by atoms with Gasteiger partial charge in [-0.2, -0.15) is 0 Å². The van der Waals surface area contributed by atoms with Gasteiger partial charge < -0.3 is 5.32 Å². The van der Waals surface area contributed by atoms with Crippen LogP contribution in [0.2, 0.25) is 0 Å². The predicted octanol–water partition coefficient (Wildman–Crippen LogP) is 5.32. The molecule has 3 unspecified atom stereocenters. The van der Waals surface area contributed by atoms with E-state index in [0.29, 0.717) is 6.04 Å². The van der Waals surface area contributed by atoms with Crippen LogP contribution in [0.25, 0.3) is 10.8 Å². The van der Waals surface area contributed by atoms with Gasteiger partial charge in [0.1, 0.15) is 0 Å². The van der Waals surface area contributed by atoms with Crippen molar-refractivity contribution >= 4 is 10.8 Å². The molecule has 1 aliphatic carbocycles. The Morgan fingerprint density at radius 1 is 1.10 bits per heavy atom. The van der Waals surface area contributed by atoms with E-state index in [-0.39, 0.29) is 0 Å². The molecule has 21 heavy (non-hydrogen) atoms. The third kappa shape index (κ3) is 3.65. The second kappa shape index (κ2) is 6.62. The molecular weight excluding hydrogens is 254 g/mol. The molecule has 3 atom stereocenters. The lowest BCUT2D eigenvalue weighted by Crippen LogP contribution is -2.28. The summed E-state index contributed by atoms with van der Waals surface area (Å²) in [7, 11) is 0. The zero-order valence-corrected chi connectivity index (χ0v) is 13.3. The molecule has 1 N–H and O–H groups in total. The van der Waals surface area contributed by atoms with E-state index in [1.165, 1.54) is 48.6 Å². The average Bonchev–Trinajstić information content (AvgIpc) is 2.52. The van der Waals surface area contributed by atoms with Crippen LogP contribution in [-0.2, 0) is 0 Å². The van der Waals surface area contributed by atoms with Crippen molar-refractivity contribution in [1.29, 1.82) is 0 Å². The van der Waals surface area contributed by atoms with Crippen LogP contribution >= 0.6 is 0 Å². The fraction of sp³-hybridized carbons (Fsp3) is 0.500. The first-order valence-electron chi connectivity index (χ1n) is 8.44. The number of rotatable bonds is 4. The van der Waals surface area contributed by atoms with Gasteiger partial charge in [0.2, 0.25) is 0 Å². The minimum atomic E-state index is 0.437. The maximum atomic E-state index is 3.75. The Hall–Kier alpha value is -1.34. The van der Waals surface area contributed by atoms with Crippen LogP contribution in [0.15, 0.2) is 42.5 Å². The Morgan fingerprint density at radius 3 is 2.71 bits per heavy atom. The minimum Gasteiger partial charge on any atom is -0.310 e. The lowest BCUT2D eigenvalue weighted by molar-refractivity contribution is 0.268. The molecule has 1 heteroatoms. The average molecular weight is 281 g/mol. The fourth-order valence-electron chi connectivity index (χ4n) is 3.68. The van der Waals surface area contributed by atoms with Crippen molar-refractivity contribution in [3.05, 3.63) is 48.0 Å². The standard InChI is InChI=1S/C20H27N/c1-15-6-5-7-17(12-15)14-21-16(2)19-11-10-18-8-3-4-9-20(18)13-19/h3-4,8-11,13,15-17,21H,5-7,12,14H2,1-2H3. The fourth-order valence-corrected chi connectivity index (χ4v) is 3.68. The minimum absolute atomic E-state index is 0.437. The van der Waals surface area contributed by atoms with Gasteiger partial charge in [-0.25, -0.2) is 0 Å². The van der Waals surface area contributed by atoms with Gasteiger partial charge in [-0.15, -0.1) is 0 Å². The zero-order valence-electron chi connectivity index (χ0n) is 13.3. The lowest BCUT2D eigenvalue weighted by atomic mass is 9.82. The molecule has 2 aromatic rings. The molecule has 1 aliphatic rings. The Labute approximate surface area is 128 Å². The van der Waals surface area contributed by atoms with Crippen LogP contribution in [-0.4, -0.2) is 6.54 Å². The highest BCUT2D eigenvalue weighted by Crippen LogP contribution is 2.28. The van der Waals surface area contributed by atoms with E-state index in [2.05, 4.69) is 61.6 Å². The van der Waals surface area contributed by atoms with Crippen molar-refractivity contribution in [3.63, 3.8) is 0 Å². The maximum absolute atomic E-state index is 3.75. The molecule has 3 rings (SSSR count). The summed E-state index contributed by atoms with van der Waals surface area (Å²) in [5.41, 5.74) is 1.40. The molecular formula is C20H27N. The SMILES string of the molecule is CC1CCCC(CNC(C)c2ccc3ccccc3c2)C1. The highest BCUT2D eigenvalue weighted by molar-refractivity contribution is 5.83. The maximum Gasteiger partial charge on any atom is 0.0292 e. The van der Waals surface area contributed by atoms with Crippen molar-refractivity contribution in [3.8, 4) is 0 Å². The van der Waals surface area contributed by atoms with Crippen LogP contribution in [0, 0.1) is 11.8 Å². The molecule has 0 aromatic heterocycles. The largest absolute Gasteiger partial charge is 0.310 e. The number of hydrogen-bond acceptors (Lipinski definition) is 1. The van der Waals surface area contributed by atoms with Gasteiger partial charge in [0, 0.05) is 6.04 Å². The molecule has 0 heterocycles. The van der Waals surface area contributed by atoms with Gasteiger partial charge in [0.15, 0.2) is 0 Å². The second-order valence-electron chi connectivity index (χ2n) is 6.87. The Morgan fingerprint density at radius 2 is 1.90 bits per heavy atom.